The maximum absolute atomic E-state index is 12.0. The van der Waals surface area contributed by atoms with Gasteiger partial charge in [-0.3, -0.25) is 4.79 Å². The van der Waals surface area contributed by atoms with Gasteiger partial charge in [-0.2, -0.15) is 4.98 Å². The lowest BCUT2D eigenvalue weighted by Gasteiger charge is -2.28. The quantitative estimate of drug-likeness (QED) is 0.765. The first-order valence-electron chi connectivity index (χ1n) is 8.92. The van der Waals surface area contributed by atoms with E-state index >= 15 is 0 Å². The van der Waals surface area contributed by atoms with Gasteiger partial charge in [0.05, 0.1) is 13.2 Å². The number of aromatic nitrogens is 2. The molecule has 2 N–H and O–H groups in total. The molecule has 1 aliphatic heterocycles. The molecule has 1 saturated carbocycles. The molecule has 0 bridgehead atoms. The topological polar surface area (TPSA) is 79.4 Å². The first-order chi connectivity index (χ1) is 11.7. The molecule has 132 valence electrons. The summed E-state index contributed by atoms with van der Waals surface area (Å²) in [4.78, 5) is 23.2. The SMILES string of the molecule is Cc1cc(N2CCOCC2)nc(NCCNC(=O)C2CCCC2)n1. The number of hydrogen-bond acceptors (Lipinski definition) is 6. The number of nitrogens with zero attached hydrogens (tertiary/aromatic N) is 3. The van der Waals surface area contributed by atoms with E-state index in [0.717, 1.165) is 50.7 Å². The summed E-state index contributed by atoms with van der Waals surface area (Å²) in [5.41, 5.74) is 0.934. The van der Waals surface area contributed by atoms with Gasteiger partial charge >= 0.3 is 0 Å². The Kier molecular flexibility index (Phi) is 5.85. The molecule has 1 amide bonds. The maximum Gasteiger partial charge on any atom is 0.224 e. The normalized spacial score (nSPS) is 18.6. The van der Waals surface area contributed by atoms with Gasteiger partial charge in [0.2, 0.25) is 11.9 Å². The summed E-state index contributed by atoms with van der Waals surface area (Å²) in [6.45, 7) is 6.38. The fourth-order valence-corrected chi connectivity index (χ4v) is 3.28. The van der Waals surface area contributed by atoms with Crippen LogP contribution in [-0.4, -0.2) is 55.3 Å². The smallest absolute Gasteiger partial charge is 0.224 e. The van der Waals surface area contributed by atoms with Gasteiger partial charge in [0.15, 0.2) is 0 Å². The third-order valence-electron chi connectivity index (χ3n) is 4.61. The first-order valence-corrected chi connectivity index (χ1v) is 8.92. The van der Waals surface area contributed by atoms with E-state index < -0.39 is 0 Å². The highest BCUT2D eigenvalue weighted by atomic mass is 16.5. The van der Waals surface area contributed by atoms with E-state index in [-0.39, 0.29) is 11.8 Å². The summed E-state index contributed by atoms with van der Waals surface area (Å²) in [6.07, 6.45) is 4.42. The van der Waals surface area contributed by atoms with Gasteiger partial charge in [-0.05, 0) is 19.8 Å². The zero-order valence-electron chi connectivity index (χ0n) is 14.4. The van der Waals surface area contributed by atoms with Gasteiger partial charge < -0.3 is 20.3 Å². The molecule has 0 aromatic carbocycles. The van der Waals surface area contributed by atoms with Gasteiger partial charge in [-0.25, -0.2) is 4.98 Å². The Labute approximate surface area is 143 Å². The lowest BCUT2D eigenvalue weighted by molar-refractivity contribution is -0.124. The Morgan fingerprint density at radius 1 is 1.25 bits per heavy atom. The van der Waals surface area contributed by atoms with Crippen LogP contribution in [0.2, 0.25) is 0 Å². The maximum atomic E-state index is 12.0. The Balaban J connectivity index is 1.47. The summed E-state index contributed by atoms with van der Waals surface area (Å²) in [7, 11) is 0. The van der Waals surface area contributed by atoms with Crippen LogP contribution >= 0.6 is 0 Å². The molecular weight excluding hydrogens is 306 g/mol. The molecule has 2 fully saturated rings. The summed E-state index contributed by atoms with van der Waals surface area (Å²) < 4.78 is 5.38. The number of ether oxygens (including phenoxy) is 1. The fourth-order valence-electron chi connectivity index (χ4n) is 3.28. The van der Waals surface area contributed by atoms with Crippen molar-refractivity contribution < 1.29 is 9.53 Å². The van der Waals surface area contributed by atoms with Gasteiger partial charge in [-0.1, -0.05) is 12.8 Å². The molecule has 0 spiro atoms. The average molecular weight is 333 g/mol. The molecule has 2 heterocycles. The Bertz CT molecular complexity index is 554. The summed E-state index contributed by atoms with van der Waals surface area (Å²) >= 11 is 0. The largest absolute Gasteiger partial charge is 0.378 e. The molecule has 7 nitrogen and oxygen atoms in total. The van der Waals surface area contributed by atoms with Crippen molar-refractivity contribution in [3.8, 4) is 0 Å². The lowest BCUT2D eigenvalue weighted by Crippen LogP contribution is -2.37. The van der Waals surface area contributed by atoms with Crippen LogP contribution in [0.25, 0.3) is 0 Å². The number of carbonyl (C=O) groups is 1. The zero-order chi connectivity index (χ0) is 16.8. The highest BCUT2D eigenvalue weighted by Gasteiger charge is 2.22. The number of morpholine rings is 1. The molecule has 0 radical (unpaired) electrons. The summed E-state index contributed by atoms with van der Waals surface area (Å²) in [5.74, 6) is 1.96. The van der Waals surface area contributed by atoms with E-state index in [0.29, 0.717) is 19.0 Å². The van der Waals surface area contributed by atoms with Crippen LogP contribution in [0.3, 0.4) is 0 Å². The standard InChI is InChI=1S/C17H27N5O2/c1-13-12-15(22-8-10-24-11-9-22)21-17(20-13)19-7-6-18-16(23)14-4-2-3-5-14/h12,14H,2-11H2,1H3,(H,18,23)(H,19,20,21). The van der Waals surface area contributed by atoms with Crippen molar-refractivity contribution in [3.63, 3.8) is 0 Å². The minimum atomic E-state index is 0.188. The molecular formula is C17H27N5O2. The number of amides is 1. The number of rotatable bonds is 6. The molecule has 1 aromatic rings. The molecule has 7 heteroatoms. The van der Waals surface area contributed by atoms with Gasteiger partial charge in [-0.15, -0.1) is 0 Å². The zero-order valence-corrected chi connectivity index (χ0v) is 14.4. The van der Waals surface area contributed by atoms with Crippen LogP contribution in [0.1, 0.15) is 31.4 Å². The van der Waals surface area contributed by atoms with Crippen LogP contribution in [0, 0.1) is 12.8 Å². The predicted molar refractivity (Wildman–Crippen MR) is 93.3 cm³/mol. The number of aryl methyl sites for hydroxylation is 1. The second kappa shape index (κ2) is 8.28. The van der Waals surface area contributed by atoms with E-state index in [1.807, 2.05) is 13.0 Å². The van der Waals surface area contributed by atoms with E-state index in [2.05, 4.69) is 25.5 Å². The fraction of sp³-hybridized carbons (Fsp3) is 0.706. The van der Waals surface area contributed by atoms with Crippen molar-refractivity contribution in [1.29, 1.82) is 0 Å². The van der Waals surface area contributed by atoms with Gasteiger partial charge in [0, 0.05) is 43.9 Å². The van der Waals surface area contributed by atoms with Crippen LogP contribution in [0.4, 0.5) is 11.8 Å². The van der Waals surface area contributed by atoms with Crippen molar-refractivity contribution >= 4 is 17.7 Å². The Hall–Kier alpha value is -1.89. The number of carbonyl (C=O) groups excluding carboxylic acids is 1. The second-order valence-electron chi connectivity index (χ2n) is 6.49. The van der Waals surface area contributed by atoms with Crippen molar-refractivity contribution in [3.05, 3.63) is 11.8 Å². The van der Waals surface area contributed by atoms with E-state index in [4.69, 9.17) is 4.74 Å². The predicted octanol–water partition coefficient (Wildman–Crippen LogP) is 1.34. The summed E-state index contributed by atoms with van der Waals surface area (Å²) in [6, 6.07) is 2.00. The van der Waals surface area contributed by atoms with Crippen LogP contribution < -0.4 is 15.5 Å². The first kappa shape index (κ1) is 17.0. The number of nitrogens with one attached hydrogen (secondary N) is 2. The van der Waals surface area contributed by atoms with Gasteiger partial charge in [0.1, 0.15) is 5.82 Å². The van der Waals surface area contributed by atoms with Crippen molar-refractivity contribution in [2.75, 3.05) is 49.6 Å². The summed E-state index contributed by atoms with van der Waals surface area (Å²) in [5, 5.41) is 6.22. The monoisotopic (exact) mass is 333 g/mol. The van der Waals surface area contributed by atoms with E-state index in [9.17, 15) is 4.79 Å². The second-order valence-corrected chi connectivity index (χ2v) is 6.49. The third kappa shape index (κ3) is 4.56. The van der Waals surface area contributed by atoms with Crippen molar-refractivity contribution in [2.45, 2.75) is 32.6 Å². The van der Waals surface area contributed by atoms with Crippen LogP contribution in [0.5, 0.6) is 0 Å². The van der Waals surface area contributed by atoms with Crippen LogP contribution in [-0.2, 0) is 9.53 Å². The molecule has 0 unspecified atom stereocenters. The number of hydrogen-bond donors (Lipinski definition) is 2. The van der Waals surface area contributed by atoms with E-state index in [1.54, 1.807) is 0 Å². The van der Waals surface area contributed by atoms with Crippen molar-refractivity contribution in [2.24, 2.45) is 5.92 Å². The average Bonchev–Trinajstić information content (AvgIpc) is 3.14. The minimum absolute atomic E-state index is 0.188. The molecule has 3 rings (SSSR count). The highest BCUT2D eigenvalue weighted by molar-refractivity contribution is 5.78. The number of anilines is 2. The van der Waals surface area contributed by atoms with Crippen LogP contribution in [0.15, 0.2) is 6.07 Å². The Morgan fingerprint density at radius 2 is 2.00 bits per heavy atom. The van der Waals surface area contributed by atoms with E-state index in [1.165, 1.54) is 12.8 Å². The molecule has 2 aliphatic rings. The van der Waals surface area contributed by atoms with Crippen molar-refractivity contribution in [1.82, 2.24) is 15.3 Å². The molecule has 1 saturated heterocycles. The highest BCUT2D eigenvalue weighted by Crippen LogP contribution is 2.24. The lowest BCUT2D eigenvalue weighted by atomic mass is 10.1. The molecule has 0 atom stereocenters. The molecule has 1 aliphatic carbocycles. The van der Waals surface area contributed by atoms with Gasteiger partial charge in [0.25, 0.3) is 0 Å². The Morgan fingerprint density at radius 3 is 2.75 bits per heavy atom. The minimum Gasteiger partial charge on any atom is -0.378 e. The molecule has 1 aromatic heterocycles. The third-order valence-corrected chi connectivity index (χ3v) is 4.61. The molecule has 24 heavy (non-hydrogen) atoms.